The SMILES string of the molecule is CN1CC2(CCN(S(=O)(=O)N(C)C)CC2)CC1COCC1CC1. The first-order valence-corrected chi connectivity index (χ1v) is 10.2. The monoisotopic (exact) mass is 345 g/mol. The summed E-state index contributed by atoms with van der Waals surface area (Å²) in [5.74, 6) is 0.815. The van der Waals surface area contributed by atoms with E-state index in [2.05, 4.69) is 11.9 Å². The molecule has 1 saturated carbocycles. The van der Waals surface area contributed by atoms with Crippen molar-refractivity contribution in [1.82, 2.24) is 13.5 Å². The molecule has 1 atom stereocenters. The first kappa shape index (κ1) is 17.6. The van der Waals surface area contributed by atoms with Crippen LogP contribution in [-0.4, -0.2) is 82.0 Å². The zero-order valence-corrected chi connectivity index (χ0v) is 15.5. The lowest BCUT2D eigenvalue weighted by Crippen LogP contribution is -2.47. The molecule has 0 aromatic rings. The van der Waals surface area contributed by atoms with E-state index in [4.69, 9.17) is 4.74 Å². The van der Waals surface area contributed by atoms with Gasteiger partial charge < -0.3 is 9.64 Å². The summed E-state index contributed by atoms with van der Waals surface area (Å²) in [5.41, 5.74) is 0.278. The molecule has 7 heteroatoms. The van der Waals surface area contributed by atoms with Crippen molar-refractivity contribution in [2.45, 2.75) is 38.1 Å². The third kappa shape index (κ3) is 3.90. The predicted molar refractivity (Wildman–Crippen MR) is 90.4 cm³/mol. The Kier molecular flexibility index (Phi) is 5.05. The van der Waals surface area contributed by atoms with Crippen molar-refractivity contribution >= 4 is 10.2 Å². The molecule has 0 aromatic carbocycles. The average Bonchev–Trinajstić information content (AvgIpc) is 3.25. The number of piperidine rings is 1. The second-order valence-corrected chi connectivity index (χ2v) is 10.1. The molecule has 2 heterocycles. The smallest absolute Gasteiger partial charge is 0.281 e. The van der Waals surface area contributed by atoms with Gasteiger partial charge in [-0.1, -0.05) is 0 Å². The number of nitrogens with zero attached hydrogens (tertiary/aromatic N) is 3. The highest BCUT2D eigenvalue weighted by Gasteiger charge is 2.46. The molecule has 1 unspecified atom stereocenters. The van der Waals surface area contributed by atoms with Gasteiger partial charge in [-0.05, 0) is 50.5 Å². The van der Waals surface area contributed by atoms with Crippen LogP contribution < -0.4 is 0 Å². The molecule has 23 heavy (non-hydrogen) atoms. The number of likely N-dealkylation sites (N-methyl/N-ethyl adjacent to an activating group) is 1. The summed E-state index contributed by atoms with van der Waals surface area (Å²) >= 11 is 0. The van der Waals surface area contributed by atoms with Crippen LogP contribution in [-0.2, 0) is 14.9 Å². The predicted octanol–water partition coefficient (Wildman–Crippen LogP) is 1.01. The van der Waals surface area contributed by atoms with Crippen LogP contribution in [0.3, 0.4) is 0 Å². The molecule has 0 aromatic heterocycles. The van der Waals surface area contributed by atoms with Crippen molar-refractivity contribution in [3.05, 3.63) is 0 Å². The van der Waals surface area contributed by atoms with Gasteiger partial charge in [0.05, 0.1) is 6.61 Å². The summed E-state index contributed by atoms with van der Waals surface area (Å²) in [5, 5.41) is 0. The van der Waals surface area contributed by atoms with E-state index in [0.717, 1.165) is 44.9 Å². The molecule has 1 spiro atoms. The van der Waals surface area contributed by atoms with Crippen LogP contribution in [0, 0.1) is 11.3 Å². The number of hydrogen-bond acceptors (Lipinski definition) is 4. The van der Waals surface area contributed by atoms with E-state index in [1.807, 2.05) is 0 Å². The fraction of sp³-hybridized carbons (Fsp3) is 1.00. The summed E-state index contributed by atoms with van der Waals surface area (Å²) < 4.78 is 33.4. The van der Waals surface area contributed by atoms with E-state index < -0.39 is 10.2 Å². The minimum Gasteiger partial charge on any atom is -0.380 e. The first-order chi connectivity index (χ1) is 10.8. The quantitative estimate of drug-likeness (QED) is 0.721. The molecule has 3 aliphatic rings. The van der Waals surface area contributed by atoms with Gasteiger partial charge in [-0.25, -0.2) is 0 Å². The highest BCUT2D eigenvalue weighted by molar-refractivity contribution is 7.86. The van der Waals surface area contributed by atoms with Gasteiger partial charge in [0.25, 0.3) is 10.2 Å². The van der Waals surface area contributed by atoms with Crippen LogP contribution in [0.1, 0.15) is 32.1 Å². The third-order valence-electron chi connectivity index (χ3n) is 5.81. The Bertz CT molecular complexity index is 511. The van der Waals surface area contributed by atoms with E-state index in [9.17, 15) is 8.42 Å². The van der Waals surface area contributed by atoms with E-state index in [-0.39, 0.29) is 5.41 Å². The Morgan fingerprint density at radius 2 is 1.83 bits per heavy atom. The van der Waals surface area contributed by atoms with Crippen molar-refractivity contribution in [1.29, 1.82) is 0 Å². The largest absolute Gasteiger partial charge is 0.380 e. The molecule has 2 aliphatic heterocycles. The fourth-order valence-corrected chi connectivity index (χ4v) is 5.11. The molecular weight excluding hydrogens is 314 g/mol. The van der Waals surface area contributed by atoms with Crippen molar-refractivity contribution in [3.8, 4) is 0 Å². The molecule has 1 aliphatic carbocycles. The minimum absolute atomic E-state index is 0.278. The van der Waals surface area contributed by atoms with Gasteiger partial charge in [0.1, 0.15) is 0 Å². The minimum atomic E-state index is -3.26. The van der Waals surface area contributed by atoms with Gasteiger partial charge in [0.15, 0.2) is 0 Å². The van der Waals surface area contributed by atoms with Gasteiger partial charge in [-0.2, -0.15) is 17.0 Å². The lowest BCUT2D eigenvalue weighted by Gasteiger charge is -2.39. The maximum atomic E-state index is 12.2. The molecule has 0 radical (unpaired) electrons. The Morgan fingerprint density at radius 1 is 1.17 bits per heavy atom. The third-order valence-corrected chi connectivity index (χ3v) is 7.75. The van der Waals surface area contributed by atoms with Crippen molar-refractivity contribution in [3.63, 3.8) is 0 Å². The second-order valence-electron chi connectivity index (χ2n) is 7.94. The Balaban J connectivity index is 1.51. The Hall–Kier alpha value is -0.210. The van der Waals surface area contributed by atoms with Crippen LogP contribution in [0.25, 0.3) is 0 Å². The van der Waals surface area contributed by atoms with Gasteiger partial charge in [-0.3, -0.25) is 0 Å². The van der Waals surface area contributed by atoms with E-state index in [1.165, 1.54) is 17.1 Å². The molecule has 134 valence electrons. The number of rotatable bonds is 6. The molecule has 6 nitrogen and oxygen atoms in total. The summed E-state index contributed by atoms with van der Waals surface area (Å²) in [6.07, 6.45) is 5.73. The fourth-order valence-electron chi connectivity index (χ4n) is 4.00. The van der Waals surface area contributed by atoms with Gasteiger partial charge in [0, 0.05) is 46.4 Å². The highest BCUT2D eigenvalue weighted by Crippen LogP contribution is 2.43. The Morgan fingerprint density at radius 3 is 2.39 bits per heavy atom. The van der Waals surface area contributed by atoms with E-state index in [0.29, 0.717) is 19.1 Å². The normalized spacial score (nSPS) is 29.7. The molecule has 0 bridgehead atoms. The molecule has 2 saturated heterocycles. The van der Waals surface area contributed by atoms with Crippen molar-refractivity contribution < 1.29 is 13.2 Å². The van der Waals surface area contributed by atoms with Crippen LogP contribution >= 0.6 is 0 Å². The van der Waals surface area contributed by atoms with Crippen LogP contribution in [0.4, 0.5) is 0 Å². The standard InChI is InChI=1S/C16H31N3O3S/c1-17(2)23(20,21)19-8-6-16(7-9-19)10-15(18(3)13-16)12-22-11-14-4-5-14/h14-15H,4-13H2,1-3H3. The molecule has 0 amide bonds. The molecular formula is C16H31N3O3S. The maximum absolute atomic E-state index is 12.2. The number of likely N-dealkylation sites (tertiary alicyclic amines) is 1. The zero-order chi connectivity index (χ0) is 16.7. The van der Waals surface area contributed by atoms with E-state index >= 15 is 0 Å². The highest BCUT2D eigenvalue weighted by atomic mass is 32.2. The summed E-state index contributed by atoms with van der Waals surface area (Å²) in [7, 11) is 2.14. The van der Waals surface area contributed by atoms with Gasteiger partial charge in [0.2, 0.25) is 0 Å². The van der Waals surface area contributed by atoms with Gasteiger partial charge >= 0.3 is 0 Å². The molecule has 0 N–H and O–H groups in total. The summed E-state index contributed by atoms with van der Waals surface area (Å²) in [6, 6.07) is 0.491. The van der Waals surface area contributed by atoms with Gasteiger partial charge in [-0.15, -0.1) is 0 Å². The van der Waals surface area contributed by atoms with E-state index in [1.54, 1.807) is 18.4 Å². The first-order valence-electron chi connectivity index (χ1n) is 8.78. The Labute approximate surface area is 140 Å². The lowest BCUT2D eigenvalue weighted by atomic mass is 9.77. The van der Waals surface area contributed by atoms with Crippen molar-refractivity contribution in [2.24, 2.45) is 11.3 Å². The number of ether oxygens (including phenoxy) is 1. The second kappa shape index (κ2) is 6.59. The maximum Gasteiger partial charge on any atom is 0.281 e. The average molecular weight is 346 g/mol. The lowest BCUT2D eigenvalue weighted by molar-refractivity contribution is 0.0784. The van der Waals surface area contributed by atoms with Crippen LogP contribution in [0.2, 0.25) is 0 Å². The molecule has 3 rings (SSSR count). The summed E-state index contributed by atoms with van der Waals surface area (Å²) in [4.78, 5) is 2.42. The topological polar surface area (TPSA) is 53.1 Å². The van der Waals surface area contributed by atoms with Crippen LogP contribution in [0.5, 0.6) is 0 Å². The summed E-state index contributed by atoms with van der Waals surface area (Å²) in [6.45, 7) is 4.11. The zero-order valence-electron chi connectivity index (χ0n) is 14.7. The molecule has 3 fully saturated rings. The number of hydrogen-bond donors (Lipinski definition) is 0. The van der Waals surface area contributed by atoms with Crippen molar-refractivity contribution in [2.75, 3.05) is 54.0 Å². The van der Waals surface area contributed by atoms with Crippen LogP contribution in [0.15, 0.2) is 0 Å².